The summed E-state index contributed by atoms with van der Waals surface area (Å²) in [5.41, 5.74) is 7.61. The van der Waals surface area contributed by atoms with Crippen molar-refractivity contribution < 1.29 is 12.8 Å². The van der Waals surface area contributed by atoms with E-state index in [9.17, 15) is 8.42 Å². The summed E-state index contributed by atoms with van der Waals surface area (Å²) in [6.45, 7) is 3.84. The van der Waals surface area contributed by atoms with Crippen molar-refractivity contribution in [2.45, 2.75) is 63.0 Å². The lowest BCUT2D eigenvalue weighted by Crippen LogP contribution is -2.38. The summed E-state index contributed by atoms with van der Waals surface area (Å²) >= 11 is 1.51. The number of halogens is 1. The third kappa shape index (κ3) is 5.27. The number of nitrogens with zero attached hydrogens (tertiary/aromatic N) is 3. The standard InChI is InChI=1S/C26H33FN6O2S2/c1-2-20(37(29,34)35)17-4-3-5-18(21(17)27)22-23(19-8-13-31-25(28)32-19)36-24(33-22)16-6-9-26(10-7-16)11-14-30-15-12-26/h3-5,8,13,16,20,30H,2,6-7,9-12,14-15H2,1H3,(H2,28,31,32)(H2,29,34,35). The summed E-state index contributed by atoms with van der Waals surface area (Å²) in [5, 5.41) is 8.72. The zero-order valence-electron chi connectivity index (χ0n) is 20.9. The van der Waals surface area contributed by atoms with Crippen molar-refractivity contribution in [3.05, 3.63) is 46.9 Å². The van der Waals surface area contributed by atoms with E-state index in [2.05, 4.69) is 15.3 Å². The van der Waals surface area contributed by atoms with E-state index < -0.39 is 21.1 Å². The zero-order chi connectivity index (χ0) is 26.2. The second kappa shape index (κ2) is 10.4. The highest BCUT2D eigenvalue weighted by atomic mass is 32.2. The Bertz CT molecular complexity index is 1380. The first-order chi connectivity index (χ1) is 17.7. The lowest BCUT2D eigenvalue weighted by atomic mass is 9.66. The molecule has 198 valence electrons. The van der Waals surface area contributed by atoms with Crippen LogP contribution in [-0.2, 0) is 10.0 Å². The van der Waals surface area contributed by atoms with Gasteiger partial charge in [0.2, 0.25) is 16.0 Å². The highest BCUT2D eigenvalue weighted by Crippen LogP contribution is 2.50. The number of primary sulfonamides is 1. The van der Waals surface area contributed by atoms with E-state index in [0.29, 0.717) is 21.7 Å². The van der Waals surface area contributed by atoms with Gasteiger partial charge in [-0.1, -0.05) is 19.1 Å². The molecule has 0 bridgehead atoms. The molecule has 1 spiro atoms. The Balaban J connectivity index is 1.56. The van der Waals surface area contributed by atoms with Gasteiger partial charge in [0.1, 0.15) is 11.1 Å². The van der Waals surface area contributed by atoms with Crippen molar-refractivity contribution >= 4 is 27.3 Å². The Morgan fingerprint density at radius 2 is 1.89 bits per heavy atom. The Labute approximate surface area is 221 Å². The summed E-state index contributed by atoms with van der Waals surface area (Å²) in [5.74, 6) is -0.213. The molecule has 3 heterocycles. The Hall–Kier alpha value is -2.47. The molecule has 5 N–H and O–H groups in total. The molecule has 1 aliphatic heterocycles. The number of aromatic nitrogens is 3. The molecule has 1 saturated heterocycles. The molecule has 1 aromatic carbocycles. The van der Waals surface area contributed by atoms with E-state index in [1.54, 1.807) is 31.3 Å². The third-order valence-corrected chi connectivity index (χ3v) is 10.6. The molecule has 37 heavy (non-hydrogen) atoms. The molecule has 0 amide bonds. The number of benzene rings is 1. The number of anilines is 1. The summed E-state index contributed by atoms with van der Waals surface area (Å²) < 4.78 is 40.4. The minimum atomic E-state index is -3.98. The van der Waals surface area contributed by atoms with Crippen molar-refractivity contribution in [2.75, 3.05) is 18.8 Å². The molecule has 1 saturated carbocycles. The van der Waals surface area contributed by atoms with Crippen LogP contribution in [0.3, 0.4) is 0 Å². The van der Waals surface area contributed by atoms with Gasteiger partial charge in [-0.25, -0.2) is 32.9 Å². The van der Waals surface area contributed by atoms with Gasteiger partial charge in [-0.05, 0) is 75.6 Å². The quantitative estimate of drug-likeness (QED) is 0.407. The number of nitrogens with one attached hydrogen (secondary N) is 1. The number of thiazole rings is 1. The number of sulfonamides is 1. The lowest BCUT2D eigenvalue weighted by Gasteiger charge is -2.42. The smallest absolute Gasteiger partial charge is 0.220 e. The highest BCUT2D eigenvalue weighted by Gasteiger charge is 2.38. The lowest BCUT2D eigenvalue weighted by molar-refractivity contribution is 0.123. The maximum atomic E-state index is 16.0. The van der Waals surface area contributed by atoms with Crippen LogP contribution in [0.2, 0.25) is 0 Å². The van der Waals surface area contributed by atoms with Crippen LogP contribution in [0, 0.1) is 11.2 Å². The van der Waals surface area contributed by atoms with Gasteiger partial charge in [-0.3, -0.25) is 0 Å². The fourth-order valence-corrected chi connectivity index (χ4v) is 8.13. The second-order valence-electron chi connectivity index (χ2n) is 10.2. The number of hydrogen-bond acceptors (Lipinski definition) is 8. The molecular weight excluding hydrogens is 511 g/mol. The fraction of sp³-hybridized carbons (Fsp3) is 0.500. The van der Waals surface area contributed by atoms with Crippen molar-refractivity contribution in [3.63, 3.8) is 0 Å². The maximum Gasteiger partial charge on any atom is 0.220 e. The molecule has 2 fully saturated rings. The second-order valence-corrected chi connectivity index (χ2v) is 13.0. The molecule has 1 aliphatic carbocycles. The topological polar surface area (TPSA) is 137 Å². The van der Waals surface area contributed by atoms with E-state index in [0.717, 1.165) is 30.9 Å². The molecule has 11 heteroatoms. The van der Waals surface area contributed by atoms with E-state index in [1.807, 2.05) is 0 Å². The van der Waals surface area contributed by atoms with Crippen molar-refractivity contribution in [1.29, 1.82) is 0 Å². The van der Waals surface area contributed by atoms with Gasteiger partial charge in [0, 0.05) is 23.2 Å². The molecule has 0 radical (unpaired) electrons. The zero-order valence-corrected chi connectivity index (χ0v) is 22.5. The van der Waals surface area contributed by atoms with E-state index in [1.165, 1.54) is 43.1 Å². The average molecular weight is 545 g/mol. The molecule has 1 unspecified atom stereocenters. The molecule has 8 nitrogen and oxygen atoms in total. The summed E-state index contributed by atoms with van der Waals surface area (Å²) in [6, 6.07) is 6.50. The minimum Gasteiger partial charge on any atom is -0.368 e. The molecular formula is C26H33FN6O2S2. The Morgan fingerprint density at radius 1 is 1.16 bits per heavy atom. The molecule has 2 aliphatic rings. The SMILES string of the molecule is CCC(c1cccc(-c2nc(C3CCC4(CCNCC4)CC3)sc2-c2ccnc(N)n2)c1F)S(N)(=O)=O. The number of hydrogen-bond donors (Lipinski definition) is 3. The van der Waals surface area contributed by atoms with Crippen LogP contribution in [0.1, 0.15) is 73.6 Å². The predicted octanol–water partition coefficient (Wildman–Crippen LogP) is 4.76. The summed E-state index contributed by atoms with van der Waals surface area (Å²) in [4.78, 5) is 14.1. The van der Waals surface area contributed by atoms with Gasteiger partial charge >= 0.3 is 0 Å². The van der Waals surface area contributed by atoms with Gasteiger partial charge in [0.25, 0.3) is 0 Å². The van der Waals surface area contributed by atoms with E-state index in [-0.39, 0.29) is 29.4 Å². The van der Waals surface area contributed by atoms with Gasteiger partial charge in [-0.15, -0.1) is 11.3 Å². The van der Waals surface area contributed by atoms with Crippen LogP contribution in [0.5, 0.6) is 0 Å². The predicted molar refractivity (Wildman–Crippen MR) is 145 cm³/mol. The van der Waals surface area contributed by atoms with Crippen LogP contribution < -0.4 is 16.2 Å². The Kier molecular flexibility index (Phi) is 7.32. The van der Waals surface area contributed by atoms with Gasteiger partial charge < -0.3 is 11.1 Å². The van der Waals surface area contributed by atoms with Crippen molar-refractivity contribution in [3.8, 4) is 21.8 Å². The summed E-state index contributed by atoms with van der Waals surface area (Å²) in [6.07, 6.45) is 8.60. The fourth-order valence-electron chi connectivity index (χ4n) is 5.91. The van der Waals surface area contributed by atoms with Crippen LogP contribution in [0.4, 0.5) is 10.3 Å². The summed E-state index contributed by atoms with van der Waals surface area (Å²) in [7, 11) is -3.98. The number of piperidine rings is 1. The maximum absolute atomic E-state index is 16.0. The molecule has 3 aromatic rings. The minimum absolute atomic E-state index is 0.0516. The van der Waals surface area contributed by atoms with Crippen LogP contribution >= 0.6 is 11.3 Å². The number of nitrogens with two attached hydrogens (primary N) is 2. The van der Waals surface area contributed by atoms with E-state index >= 15 is 4.39 Å². The average Bonchev–Trinajstić information content (AvgIpc) is 3.31. The first-order valence-electron chi connectivity index (χ1n) is 12.8. The highest BCUT2D eigenvalue weighted by molar-refractivity contribution is 7.89. The normalized spacial score (nSPS) is 19.2. The largest absolute Gasteiger partial charge is 0.368 e. The first-order valence-corrected chi connectivity index (χ1v) is 15.2. The first kappa shape index (κ1) is 26.1. The van der Waals surface area contributed by atoms with Crippen molar-refractivity contribution in [1.82, 2.24) is 20.3 Å². The monoisotopic (exact) mass is 544 g/mol. The number of nitrogen functional groups attached to an aromatic ring is 1. The van der Waals surface area contributed by atoms with Gasteiger partial charge in [-0.2, -0.15) is 0 Å². The molecule has 1 atom stereocenters. The van der Waals surface area contributed by atoms with E-state index in [4.69, 9.17) is 15.9 Å². The van der Waals surface area contributed by atoms with Crippen LogP contribution in [-0.4, -0.2) is 36.5 Å². The van der Waals surface area contributed by atoms with Crippen LogP contribution in [0.15, 0.2) is 30.5 Å². The number of rotatable bonds is 6. The van der Waals surface area contributed by atoms with Gasteiger partial charge in [0.15, 0.2) is 0 Å². The third-order valence-electron chi connectivity index (χ3n) is 8.01. The van der Waals surface area contributed by atoms with Gasteiger partial charge in [0.05, 0.1) is 21.3 Å². The van der Waals surface area contributed by atoms with Crippen LogP contribution in [0.25, 0.3) is 21.8 Å². The molecule has 2 aromatic heterocycles. The Morgan fingerprint density at radius 3 is 2.54 bits per heavy atom. The van der Waals surface area contributed by atoms with Crippen molar-refractivity contribution in [2.24, 2.45) is 10.6 Å². The molecule has 5 rings (SSSR count).